The average Bonchev–Trinajstić information content (AvgIpc) is 2.67. The van der Waals surface area contributed by atoms with E-state index in [0.717, 1.165) is 13.0 Å². The SMILES string of the molecule is OCC1CCNC1c1cccnc1. The average molecular weight is 178 g/mol. The van der Waals surface area contributed by atoms with Crippen LogP contribution in [0.5, 0.6) is 0 Å². The van der Waals surface area contributed by atoms with E-state index in [0.29, 0.717) is 12.0 Å². The van der Waals surface area contributed by atoms with Gasteiger partial charge in [-0.2, -0.15) is 0 Å². The van der Waals surface area contributed by atoms with E-state index in [1.165, 1.54) is 5.56 Å². The van der Waals surface area contributed by atoms with E-state index in [1.54, 1.807) is 6.20 Å². The first kappa shape index (κ1) is 8.66. The molecule has 3 heteroatoms. The number of pyridine rings is 1. The van der Waals surface area contributed by atoms with Gasteiger partial charge < -0.3 is 10.4 Å². The molecule has 0 aromatic carbocycles. The van der Waals surface area contributed by atoms with E-state index in [4.69, 9.17) is 5.11 Å². The Morgan fingerprint density at radius 1 is 1.62 bits per heavy atom. The van der Waals surface area contributed by atoms with Crippen LogP contribution in [0.3, 0.4) is 0 Å². The van der Waals surface area contributed by atoms with Crippen LogP contribution >= 0.6 is 0 Å². The molecule has 2 N–H and O–H groups in total. The number of aromatic nitrogens is 1. The summed E-state index contributed by atoms with van der Waals surface area (Å²) in [6.45, 7) is 1.25. The summed E-state index contributed by atoms with van der Waals surface area (Å²) < 4.78 is 0. The van der Waals surface area contributed by atoms with Crippen LogP contribution in [-0.4, -0.2) is 23.2 Å². The van der Waals surface area contributed by atoms with Crippen molar-refractivity contribution < 1.29 is 5.11 Å². The first-order chi connectivity index (χ1) is 6.42. The largest absolute Gasteiger partial charge is 0.396 e. The van der Waals surface area contributed by atoms with E-state index in [9.17, 15) is 0 Å². The van der Waals surface area contributed by atoms with Gasteiger partial charge in [0.15, 0.2) is 0 Å². The van der Waals surface area contributed by atoms with Crippen molar-refractivity contribution in [3.8, 4) is 0 Å². The maximum atomic E-state index is 9.14. The molecular formula is C10H14N2O. The number of hydrogen-bond donors (Lipinski definition) is 2. The molecule has 70 valence electrons. The maximum absolute atomic E-state index is 9.14. The lowest BCUT2D eigenvalue weighted by atomic mass is 9.96. The van der Waals surface area contributed by atoms with Gasteiger partial charge in [-0.05, 0) is 24.6 Å². The van der Waals surface area contributed by atoms with Gasteiger partial charge in [0.25, 0.3) is 0 Å². The van der Waals surface area contributed by atoms with Gasteiger partial charge in [-0.3, -0.25) is 4.98 Å². The molecule has 1 aromatic heterocycles. The monoisotopic (exact) mass is 178 g/mol. The van der Waals surface area contributed by atoms with Crippen molar-refractivity contribution in [2.45, 2.75) is 12.5 Å². The zero-order chi connectivity index (χ0) is 9.10. The van der Waals surface area contributed by atoms with Gasteiger partial charge in [-0.25, -0.2) is 0 Å². The molecule has 13 heavy (non-hydrogen) atoms. The molecule has 2 heterocycles. The number of rotatable bonds is 2. The lowest BCUT2D eigenvalue weighted by molar-refractivity contribution is 0.214. The molecule has 2 rings (SSSR count). The molecule has 1 aliphatic rings. The molecule has 2 atom stereocenters. The topological polar surface area (TPSA) is 45.1 Å². The molecule has 0 radical (unpaired) electrons. The van der Waals surface area contributed by atoms with Gasteiger partial charge in [-0.1, -0.05) is 6.07 Å². The summed E-state index contributed by atoms with van der Waals surface area (Å²) in [7, 11) is 0. The van der Waals surface area contributed by atoms with Gasteiger partial charge in [0.05, 0.1) is 0 Å². The standard InChI is InChI=1S/C10H14N2O/c13-7-9-3-5-12-10(9)8-2-1-4-11-6-8/h1-2,4,6,9-10,12-13H,3,5,7H2. The van der Waals surface area contributed by atoms with Crippen LogP contribution in [0.4, 0.5) is 0 Å². The highest BCUT2D eigenvalue weighted by atomic mass is 16.3. The molecule has 0 aliphatic carbocycles. The van der Waals surface area contributed by atoms with Crippen molar-refractivity contribution in [3.05, 3.63) is 30.1 Å². The second kappa shape index (κ2) is 3.85. The Morgan fingerprint density at radius 2 is 2.54 bits per heavy atom. The lowest BCUT2D eigenvalue weighted by Gasteiger charge is -2.16. The van der Waals surface area contributed by atoms with Crippen molar-refractivity contribution in [1.29, 1.82) is 0 Å². The Balaban J connectivity index is 2.16. The van der Waals surface area contributed by atoms with Crippen LogP contribution in [0.2, 0.25) is 0 Å². The number of nitrogens with zero attached hydrogens (tertiary/aromatic N) is 1. The molecule has 1 saturated heterocycles. The van der Waals surface area contributed by atoms with Gasteiger partial charge in [0, 0.05) is 31.0 Å². The van der Waals surface area contributed by atoms with E-state index >= 15 is 0 Å². The highest BCUT2D eigenvalue weighted by Crippen LogP contribution is 2.28. The predicted octanol–water partition coefficient (Wildman–Crippen LogP) is 0.725. The third kappa shape index (κ3) is 1.71. The maximum Gasteiger partial charge on any atom is 0.0477 e. The van der Waals surface area contributed by atoms with Crippen LogP contribution in [0, 0.1) is 5.92 Å². The Morgan fingerprint density at radius 3 is 3.23 bits per heavy atom. The summed E-state index contributed by atoms with van der Waals surface area (Å²) >= 11 is 0. The minimum absolute atomic E-state index is 0.257. The second-order valence-electron chi connectivity index (χ2n) is 3.45. The van der Waals surface area contributed by atoms with E-state index in [2.05, 4.69) is 16.4 Å². The highest BCUT2D eigenvalue weighted by molar-refractivity contribution is 5.16. The fourth-order valence-electron chi connectivity index (χ4n) is 1.90. The predicted molar refractivity (Wildman–Crippen MR) is 50.2 cm³/mol. The van der Waals surface area contributed by atoms with Crippen molar-refractivity contribution in [1.82, 2.24) is 10.3 Å². The van der Waals surface area contributed by atoms with Gasteiger partial charge in [0.2, 0.25) is 0 Å². The third-order valence-corrected chi connectivity index (χ3v) is 2.63. The Kier molecular flexibility index (Phi) is 2.57. The minimum Gasteiger partial charge on any atom is -0.396 e. The van der Waals surface area contributed by atoms with Gasteiger partial charge in [-0.15, -0.1) is 0 Å². The highest BCUT2D eigenvalue weighted by Gasteiger charge is 2.27. The molecule has 0 amide bonds. The quantitative estimate of drug-likeness (QED) is 0.701. The lowest BCUT2D eigenvalue weighted by Crippen LogP contribution is -2.19. The first-order valence-electron chi connectivity index (χ1n) is 4.66. The van der Waals surface area contributed by atoms with Crippen molar-refractivity contribution in [2.24, 2.45) is 5.92 Å². The molecule has 2 unspecified atom stereocenters. The number of nitrogens with one attached hydrogen (secondary N) is 1. The summed E-state index contributed by atoms with van der Waals surface area (Å²) in [5.74, 6) is 0.351. The smallest absolute Gasteiger partial charge is 0.0477 e. The summed E-state index contributed by atoms with van der Waals surface area (Å²) in [5.41, 5.74) is 1.18. The fourth-order valence-corrected chi connectivity index (χ4v) is 1.90. The molecule has 0 bridgehead atoms. The number of hydrogen-bond acceptors (Lipinski definition) is 3. The fraction of sp³-hybridized carbons (Fsp3) is 0.500. The van der Waals surface area contributed by atoms with Gasteiger partial charge in [0.1, 0.15) is 0 Å². The molecule has 0 spiro atoms. The van der Waals surface area contributed by atoms with Crippen molar-refractivity contribution in [3.63, 3.8) is 0 Å². The molecule has 1 aromatic rings. The van der Waals surface area contributed by atoms with Crippen molar-refractivity contribution >= 4 is 0 Å². The number of aliphatic hydroxyl groups is 1. The molecular weight excluding hydrogens is 164 g/mol. The third-order valence-electron chi connectivity index (χ3n) is 2.63. The Labute approximate surface area is 77.8 Å². The van der Waals surface area contributed by atoms with Crippen LogP contribution in [0.1, 0.15) is 18.0 Å². The summed E-state index contributed by atoms with van der Waals surface area (Å²) in [6.07, 6.45) is 4.69. The Hall–Kier alpha value is -0.930. The summed E-state index contributed by atoms with van der Waals surface area (Å²) in [4.78, 5) is 4.08. The molecule has 3 nitrogen and oxygen atoms in total. The van der Waals surface area contributed by atoms with Crippen LogP contribution in [0.25, 0.3) is 0 Å². The second-order valence-corrected chi connectivity index (χ2v) is 3.45. The number of aliphatic hydroxyl groups excluding tert-OH is 1. The van der Waals surface area contributed by atoms with E-state index in [1.807, 2.05) is 12.3 Å². The first-order valence-corrected chi connectivity index (χ1v) is 4.66. The molecule has 1 fully saturated rings. The van der Waals surface area contributed by atoms with Crippen LogP contribution in [0.15, 0.2) is 24.5 Å². The van der Waals surface area contributed by atoms with Crippen molar-refractivity contribution in [2.75, 3.05) is 13.2 Å². The zero-order valence-corrected chi connectivity index (χ0v) is 7.48. The van der Waals surface area contributed by atoms with Crippen LogP contribution in [-0.2, 0) is 0 Å². The molecule has 0 saturated carbocycles. The van der Waals surface area contributed by atoms with E-state index < -0.39 is 0 Å². The summed E-state index contributed by atoms with van der Waals surface area (Å²) in [6, 6.07) is 4.28. The summed E-state index contributed by atoms with van der Waals surface area (Å²) in [5, 5.41) is 12.5. The Bertz CT molecular complexity index is 263. The zero-order valence-electron chi connectivity index (χ0n) is 7.48. The van der Waals surface area contributed by atoms with E-state index in [-0.39, 0.29) is 6.61 Å². The van der Waals surface area contributed by atoms with Crippen LogP contribution < -0.4 is 5.32 Å². The normalized spacial score (nSPS) is 27.8. The minimum atomic E-state index is 0.257. The molecule has 1 aliphatic heterocycles. The van der Waals surface area contributed by atoms with Gasteiger partial charge >= 0.3 is 0 Å².